The van der Waals surface area contributed by atoms with Crippen LogP contribution in [-0.2, 0) is 4.74 Å². The van der Waals surface area contributed by atoms with E-state index in [9.17, 15) is 8.78 Å². The van der Waals surface area contributed by atoms with Gasteiger partial charge in [-0.05, 0) is 18.6 Å². The number of ether oxygens (including phenoxy) is 1. The normalized spacial score (nSPS) is 16.1. The minimum absolute atomic E-state index is 0.0449. The first-order valence-electron chi connectivity index (χ1n) is 6.19. The topological polar surface area (TPSA) is 12.5 Å². The first-order chi connectivity index (χ1) is 8.52. The Balaban J connectivity index is 0.00000137. The standard InChI is InChI=1S/C12H17F2NO.C2H6/c1-9(2)11(12(13)14)8-10(3)15-4-6-16-7-5-15;1-2/h8,12H,1,3-7H2,2H3;1-2H3/b11-8+;. The molecule has 1 heterocycles. The number of rotatable bonds is 4. The maximum atomic E-state index is 12.7. The van der Waals surface area contributed by atoms with Gasteiger partial charge in [0.25, 0.3) is 6.43 Å². The summed E-state index contributed by atoms with van der Waals surface area (Å²) in [6.07, 6.45) is -1.09. The average Bonchev–Trinajstić information content (AvgIpc) is 2.38. The van der Waals surface area contributed by atoms with Gasteiger partial charge in [-0.1, -0.05) is 27.0 Å². The highest BCUT2D eigenvalue weighted by Crippen LogP contribution is 2.20. The van der Waals surface area contributed by atoms with Gasteiger partial charge in [0.15, 0.2) is 0 Å². The van der Waals surface area contributed by atoms with Gasteiger partial charge in [0.2, 0.25) is 0 Å². The molecule has 1 rings (SSSR count). The van der Waals surface area contributed by atoms with Crippen LogP contribution in [0.15, 0.2) is 36.1 Å². The van der Waals surface area contributed by atoms with Crippen LogP contribution >= 0.6 is 0 Å². The number of halogens is 2. The monoisotopic (exact) mass is 259 g/mol. The van der Waals surface area contributed by atoms with Gasteiger partial charge < -0.3 is 9.64 Å². The van der Waals surface area contributed by atoms with E-state index in [0.29, 0.717) is 37.6 Å². The molecule has 18 heavy (non-hydrogen) atoms. The van der Waals surface area contributed by atoms with Crippen LogP contribution in [0.1, 0.15) is 20.8 Å². The second-order valence-corrected chi connectivity index (χ2v) is 3.77. The van der Waals surface area contributed by atoms with Crippen LogP contribution in [0, 0.1) is 0 Å². The lowest BCUT2D eigenvalue weighted by atomic mass is 10.1. The number of hydrogen-bond acceptors (Lipinski definition) is 2. The summed E-state index contributed by atoms with van der Waals surface area (Å²) in [4.78, 5) is 1.94. The van der Waals surface area contributed by atoms with Crippen molar-refractivity contribution in [2.75, 3.05) is 26.3 Å². The fraction of sp³-hybridized carbons (Fsp3) is 0.571. The Morgan fingerprint density at radius 3 is 2.11 bits per heavy atom. The summed E-state index contributed by atoms with van der Waals surface area (Å²) in [7, 11) is 0. The third kappa shape index (κ3) is 5.45. The third-order valence-electron chi connectivity index (χ3n) is 2.47. The molecule has 0 aromatic carbocycles. The largest absolute Gasteiger partial charge is 0.378 e. The minimum atomic E-state index is -2.50. The van der Waals surface area contributed by atoms with Gasteiger partial charge in [0, 0.05) is 24.4 Å². The van der Waals surface area contributed by atoms with Crippen molar-refractivity contribution in [3.05, 3.63) is 36.1 Å². The van der Waals surface area contributed by atoms with Gasteiger partial charge in [-0.25, -0.2) is 8.78 Å². The van der Waals surface area contributed by atoms with Gasteiger partial charge in [-0.3, -0.25) is 0 Å². The van der Waals surface area contributed by atoms with Crippen molar-refractivity contribution in [2.24, 2.45) is 0 Å². The van der Waals surface area contributed by atoms with Crippen LogP contribution in [0.2, 0.25) is 0 Å². The molecule has 0 aromatic heterocycles. The minimum Gasteiger partial charge on any atom is -0.378 e. The molecular weight excluding hydrogens is 236 g/mol. The van der Waals surface area contributed by atoms with Crippen molar-refractivity contribution in [1.29, 1.82) is 0 Å². The predicted octanol–water partition coefficient (Wildman–Crippen LogP) is 3.63. The Hall–Kier alpha value is -1.16. The van der Waals surface area contributed by atoms with E-state index in [0.717, 1.165) is 0 Å². The molecule has 0 radical (unpaired) electrons. The molecule has 4 heteroatoms. The molecular formula is C14H23F2NO. The maximum absolute atomic E-state index is 12.7. The number of nitrogens with zero attached hydrogens (tertiary/aromatic N) is 1. The lowest BCUT2D eigenvalue weighted by Gasteiger charge is -2.29. The predicted molar refractivity (Wildman–Crippen MR) is 71.8 cm³/mol. The van der Waals surface area contributed by atoms with Crippen LogP contribution in [0.3, 0.4) is 0 Å². The van der Waals surface area contributed by atoms with Gasteiger partial charge in [0.05, 0.1) is 13.2 Å². The molecule has 0 bridgehead atoms. The van der Waals surface area contributed by atoms with E-state index in [4.69, 9.17) is 4.74 Å². The summed E-state index contributed by atoms with van der Waals surface area (Å²) in [5.74, 6) is 0. The fourth-order valence-corrected chi connectivity index (χ4v) is 1.49. The van der Waals surface area contributed by atoms with Crippen LogP contribution in [-0.4, -0.2) is 37.6 Å². The van der Waals surface area contributed by atoms with E-state index >= 15 is 0 Å². The fourth-order valence-electron chi connectivity index (χ4n) is 1.49. The molecule has 0 spiro atoms. The zero-order valence-electron chi connectivity index (χ0n) is 11.5. The molecule has 0 amide bonds. The molecule has 0 aliphatic carbocycles. The van der Waals surface area contributed by atoms with Crippen molar-refractivity contribution in [1.82, 2.24) is 4.90 Å². The number of alkyl halides is 2. The number of allylic oxidation sites excluding steroid dienone is 3. The molecule has 1 fully saturated rings. The lowest BCUT2D eigenvalue weighted by molar-refractivity contribution is 0.0554. The van der Waals surface area contributed by atoms with Crippen LogP contribution in [0.25, 0.3) is 0 Å². The van der Waals surface area contributed by atoms with Crippen LogP contribution < -0.4 is 0 Å². The second kappa shape index (κ2) is 8.86. The zero-order valence-corrected chi connectivity index (χ0v) is 11.5. The van der Waals surface area contributed by atoms with Crippen LogP contribution in [0.4, 0.5) is 8.78 Å². The highest BCUT2D eigenvalue weighted by atomic mass is 19.3. The molecule has 0 saturated carbocycles. The van der Waals surface area contributed by atoms with Crippen LogP contribution in [0.5, 0.6) is 0 Å². The summed E-state index contributed by atoms with van der Waals surface area (Å²) in [5.41, 5.74) is 0.933. The van der Waals surface area contributed by atoms with E-state index in [1.807, 2.05) is 18.7 Å². The van der Waals surface area contributed by atoms with E-state index in [-0.39, 0.29) is 5.57 Å². The molecule has 104 valence electrons. The summed E-state index contributed by atoms with van der Waals surface area (Å²) >= 11 is 0. The summed E-state index contributed by atoms with van der Waals surface area (Å²) in [5, 5.41) is 0. The SMILES string of the molecule is C=C(C)/C(=C\C(=C)N1CCOCC1)C(F)F.CC. The highest BCUT2D eigenvalue weighted by Gasteiger charge is 2.15. The Morgan fingerprint density at radius 2 is 1.72 bits per heavy atom. The molecule has 0 atom stereocenters. The molecule has 0 N–H and O–H groups in total. The van der Waals surface area contributed by atoms with Crippen molar-refractivity contribution in [3.8, 4) is 0 Å². The van der Waals surface area contributed by atoms with E-state index in [1.165, 1.54) is 6.08 Å². The first kappa shape index (κ1) is 16.8. The average molecular weight is 259 g/mol. The maximum Gasteiger partial charge on any atom is 0.264 e. The number of morpholine rings is 1. The molecule has 0 aromatic rings. The Bertz CT molecular complexity index is 305. The molecule has 0 unspecified atom stereocenters. The zero-order chi connectivity index (χ0) is 14.1. The molecule has 1 aliphatic rings. The van der Waals surface area contributed by atoms with Crippen molar-refractivity contribution in [2.45, 2.75) is 27.2 Å². The van der Waals surface area contributed by atoms with Crippen molar-refractivity contribution < 1.29 is 13.5 Å². The number of hydrogen-bond donors (Lipinski definition) is 0. The summed E-state index contributed by atoms with van der Waals surface area (Å²) in [6.45, 7) is 15.5. The van der Waals surface area contributed by atoms with Crippen molar-refractivity contribution >= 4 is 0 Å². The molecule has 1 saturated heterocycles. The molecule has 1 aliphatic heterocycles. The quantitative estimate of drug-likeness (QED) is 0.715. The highest BCUT2D eigenvalue weighted by molar-refractivity contribution is 5.34. The first-order valence-corrected chi connectivity index (χ1v) is 6.19. The van der Waals surface area contributed by atoms with E-state index in [1.54, 1.807) is 6.92 Å². The van der Waals surface area contributed by atoms with Gasteiger partial charge in [0.1, 0.15) is 0 Å². The lowest BCUT2D eigenvalue weighted by Crippen LogP contribution is -2.34. The Kier molecular flexibility index (Phi) is 8.29. The van der Waals surface area contributed by atoms with Gasteiger partial charge in [-0.15, -0.1) is 0 Å². The van der Waals surface area contributed by atoms with Gasteiger partial charge in [-0.2, -0.15) is 0 Å². The smallest absolute Gasteiger partial charge is 0.264 e. The third-order valence-corrected chi connectivity index (χ3v) is 2.47. The Labute approximate surface area is 109 Å². The summed E-state index contributed by atoms with van der Waals surface area (Å²) in [6, 6.07) is 0. The van der Waals surface area contributed by atoms with Gasteiger partial charge >= 0.3 is 0 Å². The second-order valence-electron chi connectivity index (χ2n) is 3.77. The van der Waals surface area contributed by atoms with Crippen molar-refractivity contribution in [3.63, 3.8) is 0 Å². The molecule has 2 nitrogen and oxygen atoms in total. The summed E-state index contributed by atoms with van der Waals surface area (Å²) < 4.78 is 30.5. The van der Waals surface area contributed by atoms with E-state index < -0.39 is 6.43 Å². The van der Waals surface area contributed by atoms with E-state index in [2.05, 4.69) is 13.2 Å². The Morgan fingerprint density at radius 1 is 1.22 bits per heavy atom.